The van der Waals surface area contributed by atoms with Crippen LogP contribution in [0.2, 0.25) is 0 Å². The van der Waals surface area contributed by atoms with Crippen molar-refractivity contribution >= 4 is 23.2 Å². The van der Waals surface area contributed by atoms with Gasteiger partial charge >= 0.3 is 0 Å². The summed E-state index contributed by atoms with van der Waals surface area (Å²) in [5.74, 6) is -1.77. The highest BCUT2D eigenvalue weighted by Crippen LogP contribution is 2.30. The first kappa shape index (κ1) is 16.2. The van der Waals surface area contributed by atoms with Gasteiger partial charge in [-0.3, -0.25) is 9.59 Å². The molecule has 1 aliphatic heterocycles. The van der Waals surface area contributed by atoms with Gasteiger partial charge in [-0.1, -0.05) is 18.2 Å². The van der Waals surface area contributed by atoms with Gasteiger partial charge in [-0.2, -0.15) is 0 Å². The van der Waals surface area contributed by atoms with Gasteiger partial charge in [0.15, 0.2) is 0 Å². The molecule has 0 bridgehead atoms. The van der Waals surface area contributed by atoms with Crippen LogP contribution >= 0.6 is 0 Å². The van der Waals surface area contributed by atoms with Crippen molar-refractivity contribution in [2.45, 2.75) is 20.3 Å². The highest BCUT2D eigenvalue weighted by Gasteiger charge is 2.38. The van der Waals surface area contributed by atoms with E-state index in [9.17, 15) is 14.0 Å². The number of benzene rings is 2. The van der Waals surface area contributed by atoms with E-state index in [0.29, 0.717) is 18.7 Å². The number of rotatable bonds is 3. The fraction of sp³-hybridized carbons (Fsp3) is 0.263. The predicted molar refractivity (Wildman–Crippen MR) is 91.4 cm³/mol. The average molecular weight is 326 g/mol. The van der Waals surface area contributed by atoms with Crippen molar-refractivity contribution in [3.63, 3.8) is 0 Å². The van der Waals surface area contributed by atoms with Gasteiger partial charge in [0.1, 0.15) is 11.7 Å². The molecule has 2 aromatic rings. The molecule has 0 saturated carbocycles. The summed E-state index contributed by atoms with van der Waals surface area (Å²) in [4.78, 5) is 26.7. The molecule has 3 rings (SSSR count). The standard InChI is InChI=1S/C19H19FN2O2/c1-12-5-3-8-17(13(12)2)22-10-9-16(19(22)24)18(23)21-15-7-4-6-14(20)11-15/h3-8,11,16H,9-10H2,1-2H3,(H,21,23). The van der Waals surface area contributed by atoms with Crippen LogP contribution in [0.5, 0.6) is 0 Å². The number of anilines is 2. The van der Waals surface area contributed by atoms with E-state index >= 15 is 0 Å². The average Bonchev–Trinajstić information content (AvgIpc) is 2.92. The number of aryl methyl sites for hydroxylation is 1. The Kier molecular flexibility index (Phi) is 4.34. The highest BCUT2D eigenvalue weighted by molar-refractivity contribution is 6.13. The van der Waals surface area contributed by atoms with Crippen molar-refractivity contribution in [3.8, 4) is 0 Å². The third-order valence-electron chi connectivity index (χ3n) is 4.48. The normalized spacial score (nSPS) is 17.2. The maximum absolute atomic E-state index is 13.2. The summed E-state index contributed by atoms with van der Waals surface area (Å²) >= 11 is 0. The number of amides is 2. The lowest BCUT2D eigenvalue weighted by molar-refractivity contribution is -0.129. The van der Waals surface area contributed by atoms with Gasteiger partial charge in [0.25, 0.3) is 0 Å². The van der Waals surface area contributed by atoms with E-state index in [4.69, 9.17) is 0 Å². The molecule has 0 radical (unpaired) electrons. The molecule has 0 aliphatic carbocycles. The van der Waals surface area contributed by atoms with Crippen LogP contribution in [-0.2, 0) is 9.59 Å². The second-order valence-electron chi connectivity index (χ2n) is 6.05. The maximum atomic E-state index is 13.2. The number of carbonyl (C=O) groups excluding carboxylic acids is 2. The second kappa shape index (κ2) is 6.43. The van der Waals surface area contributed by atoms with Crippen LogP contribution in [0.15, 0.2) is 42.5 Å². The first-order chi connectivity index (χ1) is 11.5. The molecular formula is C19H19FN2O2. The topological polar surface area (TPSA) is 49.4 Å². The third kappa shape index (κ3) is 3.02. The minimum atomic E-state index is -0.742. The van der Waals surface area contributed by atoms with Gasteiger partial charge in [-0.05, 0) is 55.7 Å². The van der Waals surface area contributed by atoms with Gasteiger partial charge < -0.3 is 10.2 Å². The van der Waals surface area contributed by atoms with Crippen molar-refractivity contribution in [1.29, 1.82) is 0 Å². The van der Waals surface area contributed by atoms with Crippen LogP contribution in [0.1, 0.15) is 17.5 Å². The summed E-state index contributed by atoms with van der Waals surface area (Å²) in [5.41, 5.74) is 3.35. The Labute approximate surface area is 140 Å². The zero-order valence-corrected chi connectivity index (χ0v) is 13.7. The molecular weight excluding hydrogens is 307 g/mol. The number of nitrogens with one attached hydrogen (secondary N) is 1. The first-order valence-electron chi connectivity index (χ1n) is 7.91. The van der Waals surface area contributed by atoms with Crippen LogP contribution in [0.25, 0.3) is 0 Å². The van der Waals surface area contributed by atoms with Crippen molar-refractivity contribution in [2.75, 3.05) is 16.8 Å². The van der Waals surface area contributed by atoms with Crippen molar-refractivity contribution in [2.24, 2.45) is 5.92 Å². The maximum Gasteiger partial charge on any atom is 0.239 e. The number of halogens is 1. The monoisotopic (exact) mass is 326 g/mol. The Balaban J connectivity index is 1.76. The van der Waals surface area contributed by atoms with E-state index in [0.717, 1.165) is 16.8 Å². The fourth-order valence-corrected chi connectivity index (χ4v) is 2.99. The van der Waals surface area contributed by atoms with Gasteiger partial charge in [-0.15, -0.1) is 0 Å². The second-order valence-corrected chi connectivity index (χ2v) is 6.05. The molecule has 1 heterocycles. The molecule has 2 amide bonds. The zero-order chi connectivity index (χ0) is 17.3. The largest absolute Gasteiger partial charge is 0.325 e. The van der Waals surface area contributed by atoms with Gasteiger partial charge in [0.05, 0.1) is 0 Å². The molecule has 1 N–H and O–H groups in total. The lowest BCUT2D eigenvalue weighted by atomic mass is 10.1. The van der Waals surface area contributed by atoms with Crippen LogP contribution < -0.4 is 10.2 Å². The van der Waals surface area contributed by atoms with Crippen molar-refractivity contribution < 1.29 is 14.0 Å². The number of hydrogen-bond acceptors (Lipinski definition) is 2. The van der Waals surface area contributed by atoms with Gasteiger partial charge in [-0.25, -0.2) is 4.39 Å². The third-order valence-corrected chi connectivity index (χ3v) is 4.48. The Morgan fingerprint density at radius 2 is 1.96 bits per heavy atom. The van der Waals surface area contributed by atoms with E-state index in [1.165, 1.54) is 18.2 Å². The summed E-state index contributed by atoms with van der Waals surface area (Å²) in [6.07, 6.45) is 0.452. The Morgan fingerprint density at radius 1 is 1.21 bits per heavy atom. The quantitative estimate of drug-likeness (QED) is 0.879. The van der Waals surface area contributed by atoms with Crippen LogP contribution in [0, 0.1) is 25.6 Å². The van der Waals surface area contributed by atoms with Crippen LogP contribution in [-0.4, -0.2) is 18.4 Å². The molecule has 4 nitrogen and oxygen atoms in total. The Morgan fingerprint density at radius 3 is 2.71 bits per heavy atom. The Hall–Kier alpha value is -2.69. The van der Waals surface area contributed by atoms with E-state index < -0.39 is 17.6 Å². The molecule has 2 aromatic carbocycles. The summed E-state index contributed by atoms with van der Waals surface area (Å²) < 4.78 is 13.2. The molecule has 124 valence electrons. The number of nitrogens with zero attached hydrogens (tertiary/aromatic N) is 1. The molecule has 1 fully saturated rings. The van der Waals surface area contributed by atoms with Gasteiger partial charge in [0, 0.05) is 17.9 Å². The number of hydrogen-bond donors (Lipinski definition) is 1. The SMILES string of the molecule is Cc1cccc(N2CCC(C(=O)Nc3cccc(F)c3)C2=O)c1C. The zero-order valence-electron chi connectivity index (χ0n) is 13.7. The minimum absolute atomic E-state index is 0.211. The van der Waals surface area contributed by atoms with E-state index in [-0.39, 0.29) is 5.91 Å². The van der Waals surface area contributed by atoms with E-state index in [1.807, 2.05) is 32.0 Å². The lowest BCUT2D eigenvalue weighted by Gasteiger charge is -2.20. The van der Waals surface area contributed by atoms with Crippen molar-refractivity contribution in [1.82, 2.24) is 0 Å². The summed E-state index contributed by atoms with van der Waals surface area (Å²) in [7, 11) is 0. The fourth-order valence-electron chi connectivity index (χ4n) is 2.99. The summed E-state index contributed by atoms with van der Waals surface area (Å²) in [5, 5.41) is 2.63. The molecule has 1 saturated heterocycles. The molecule has 0 aromatic heterocycles. The Bertz CT molecular complexity index is 804. The van der Waals surface area contributed by atoms with Gasteiger partial charge in [0.2, 0.25) is 11.8 Å². The number of carbonyl (C=O) groups is 2. The highest BCUT2D eigenvalue weighted by atomic mass is 19.1. The summed E-state index contributed by atoms with van der Waals surface area (Å²) in [6.45, 7) is 4.47. The van der Waals surface area contributed by atoms with Crippen LogP contribution in [0.3, 0.4) is 0 Å². The molecule has 1 unspecified atom stereocenters. The first-order valence-corrected chi connectivity index (χ1v) is 7.91. The molecule has 5 heteroatoms. The summed E-state index contributed by atoms with van der Waals surface area (Å²) in [6, 6.07) is 11.5. The van der Waals surface area contributed by atoms with Crippen molar-refractivity contribution in [3.05, 3.63) is 59.4 Å². The molecule has 24 heavy (non-hydrogen) atoms. The lowest BCUT2D eigenvalue weighted by Crippen LogP contribution is -2.33. The minimum Gasteiger partial charge on any atom is -0.325 e. The van der Waals surface area contributed by atoms with E-state index in [2.05, 4.69) is 5.32 Å². The van der Waals surface area contributed by atoms with E-state index in [1.54, 1.807) is 11.0 Å². The molecule has 0 spiro atoms. The smallest absolute Gasteiger partial charge is 0.239 e. The molecule has 1 atom stereocenters. The predicted octanol–water partition coefficient (Wildman–Crippen LogP) is 3.43. The molecule has 1 aliphatic rings. The van der Waals surface area contributed by atoms with Crippen LogP contribution in [0.4, 0.5) is 15.8 Å².